The molecule has 1 aromatic carbocycles. The van der Waals surface area contributed by atoms with E-state index < -0.39 is 5.82 Å². The van der Waals surface area contributed by atoms with Crippen LogP contribution in [0.5, 0.6) is 0 Å². The Kier molecular flexibility index (Phi) is 6.92. The van der Waals surface area contributed by atoms with E-state index in [1.54, 1.807) is 7.05 Å². The van der Waals surface area contributed by atoms with Crippen LogP contribution in [0.25, 0.3) is 0 Å². The summed E-state index contributed by atoms with van der Waals surface area (Å²) >= 11 is 0. The van der Waals surface area contributed by atoms with E-state index in [2.05, 4.69) is 16.0 Å². The third kappa shape index (κ3) is 5.11. The van der Waals surface area contributed by atoms with Crippen LogP contribution in [0, 0.1) is 5.82 Å². The van der Waals surface area contributed by atoms with Crippen LogP contribution in [0.1, 0.15) is 6.92 Å². The first-order valence-corrected chi connectivity index (χ1v) is 5.04. The first kappa shape index (κ1) is 16.3. The van der Waals surface area contributed by atoms with Gasteiger partial charge in [-0.1, -0.05) is 0 Å². The molecule has 0 aromatic heterocycles. The van der Waals surface area contributed by atoms with E-state index in [4.69, 9.17) is 0 Å². The highest BCUT2D eigenvalue weighted by Gasteiger charge is 2.07. The molecule has 3 N–H and O–H groups in total. The summed E-state index contributed by atoms with van der Waals surface area (Å²) in [6, 6.07) is 3.97. The second kappa shape index (κ2) is 7.62. The quantitative estimate of drug-likeness (QED) is 0.777. The summed E-state index contributed by atoms with van der Waals surface area (Å²) in [5.74, 6) is -1.16. The summed E-state index contributed by atoms with van der Waals surface area (Å²) < 4.78 is 13.3. The molecule has 100 valence electrons. The maximum Gasteiger partial charge on any atom is 0.238 e. The van der Waals surface area contributed by atoms with Gasteiger partial charge in [0, 0.05) is 12.6 Å². The lowest BCUT2D eigenvalue weighted by Crippen LogP contribution is -2.25. The zero-order chi connectivity index (χ0) is 12.8. The lowest BCUT2D eigenvalue weighted by molar-refractivity contribution is -0.115. The average molecular weight is 276 g/mol. The maximum absolute atomic E-state index is 13.3. The van der Waals surface area contributed by atoms with E-state index in [9.17, 15) is 14.0 Å². The van der Waals surface area contributed by atoms with Crippen LogP contribution >= 0.6 is 12.4 Å². The molecule has 0 spiro atoms. The van der Waals surface area contributed by atoms with Crippen molar-refractivity contribution < 1.29 is 14.0 Å². The molecule has 0 fully saturated rings. The largest absolute Gasteiger partial charge is 0.325 e. The maximum atomic E-state index is 13.3. The van der Waals surface area contributed by atoms with Crippen molar-refractivity contribution in [1.29, 1.82) is 0 Å². The fourth-order valence-electron chi connectivity index (χ4n) is 1.25. The van der Waals surface area contributed by atoms with Crippen molar-refractivity contribution in [2.24, 2.45) is 0 Å². The van der Waals surface area contributed by atoms with Crippen molar-refractivity contribution in [3.8, 4) is 0 Å². The van der Waals surface area contributed by atoms with Gasteiger partial charge in [0.05, 0.1) is 12.2 Å². The fourth-order valence-corrected chi connectivity index (χ4v) is 1.25. The van der Waals surface area contributed by atoms with E-state index >= 15 is 0 Å². The van der Waals surface area contributed by atoms with Crippen molar-refractivity contribution in [3.63, 3.8) is 0 Å². The van der Waals surface area contributed by atoms with Gasteiger partial charge >= 0.3 is 0 Å². The number of anilines is 2. The van der Waals surface area contributed by atoms with E-state index in [-0.39, 0.29) is 36.5 Å². The summed E-state index contributed by atoms with van der Waals surface area (Å²) in [5, 5.41) is 7.59. The smallest absolute Gasteiger partial charge is 0.238 e. The van der Waals surface area contributed by atoms with Crippen molar-refractivity contribution in [1.82, 2.24) is 5.32 Å². The number of likely N-dealkylation sites (N-methyl/N-ethyl adjacent to an activating group) is 1. The molecule has 0 aliphatic heterocycles. The zero-order valence-corrected chi connectivity index (χ0v) is 10.9. The molecule has 0 bridgehead atoms. The highest BCUT2D eigenvalue weighted by molar-refractivity contribution is 5.94. The number of benzene rings is 1. The highest BCUT2D eigenvalue weighted by Crippen LogP contribution is 2.19. The molecule has 0 heterocycles. The molecule has 1 rings (SSSR count). The molecule has 0 radical (unpaired) electrons. The number of hydrogen-bond donors (Lipinski definition) is 3. The molecule has 18 heavy (non-hydrogen) atoms. The molecule has 0 saturated carbocycles. The van der Waals surface area contributed by atoms with Crippen LogP contribution in [0.2, 0.25) is 0 Å². The van der Waals surface area contributed by atoms with Gasteiger partial charge in [-0.25, -0.2) is 4.39 Å². The van der Waals surface area contributed by atoms with E-state index in [0.717, 1.165) is 0 Å². The minimum absolute atomic E-state index is 0. The second-order valence-corrected chi connectivity index (χ2v) is 3.45. The van der Waals surface area contributed by atoms with Gasteiger partial charge in [-0.3, -0.25) is 9.59 Å². The van der Waals surface area contributed by atoms with Gasteiger partial charge in [-0.05, 0) is 25.2 Å². The van der Waals surface area contributed by atoms with Gasteiger partial charge in [0.15, 0.2) is 0 Å². The average Bonchev–Trinajstić information content (AvgIpc) is 2.22. The highest BCUT2D eigenvalue weighted by atomic mass is 35.5. The van der Waals surface area contributed by atoms with Crippen LogP contribution in [-0.4, -0.2) is 25.4 Å². The predicted octanol–water partition coefficient (Wildman–Crippen LogP) is 1.36. The first-order chi connectivity index (χ1) is 8.02. The lowest BCUT2D eigenvalue weighted by Gasteiger charge is -2.08. The zero-order valence-electron chi connectivity index (χ0n) is 10.0. The number of amides is 2. The number of rotatable bonds is 4. The normalized spacial score (nSPS) is 9.28. The van der Waals surface area contributed by atoms with Gasteiger partial charge in [0.2, 0.25) is 11.8 Å². The molecular weight excluding hydrogens is 261 g/mol. The molecular formula is C11H15ClFN3O2. The number of halogens is 2. The molecule has 0 aliphatic carbocycles. The van der Waals surface area contributed by atoms with Gasteiger partial charge in [0.25, 0.3) is 0 Å². The lowest BCUT2D eigenvalue weighted by atomic mass is 10.2. The number of carbonyl (C=O) groups excluding carboxylic acids is 2. The van der Waals surface area contributed by atoms with Crippen molar-refractivity contribution >= 4 is 35.6 Å². The van der Waals surface area contributed by atoms with Crippen LogP contribution < -0.4 is 16.0 Å². The summed E-state index contributed by atoms with van der Waals surface area (Å²) in [6.07, 6.45) is 0. The molecule has 5 nitrogen and oxygen atoms in total. The predicted molar refractivity (Wildman–Crippen MR) is 70.5 cm³/mol. The van der Waals surface area contributed by atoms with Gasteiger partial charge in [0.1, 0.15) is 5.82 Å². The molecule has 7 heteroatoms. The topological polar surface area (TPSA) is 70.2 Å². The molecule has 0 unspecified atom stereocenters. The number of hydrogen-bond acceptors (Lipinski definition) is 3. The Morgan fingerprint density at radius 2 is 1.94 bits per heavy atom. The van der Waals surface area contributed by atoms with Crippen molar-refractivity contribution in [3.05, 3.63) is 24.0 Å². The van der Waals surface area contributed by atoms with E-state index in [1.807, 2.05) is 0 Å². The summed E-state index contributed by atoms with van der Waals surface area (Å²) in [5.41, 5.74) is 0.468. The van der Waals surface area contributed by atoms with Crippen LogP contribution in [0.15, 0.2) is 18.2 Å². The summed E-state index contributed by atoms with van der Waals surface area (Å²) in [7, 11) is 1.65. The second-order valence-electron chi connectivity index (χ2n) is 3.45. The summed E-state index contributed by atoms with van der Waals surface area (Å²) in [6.45, 7) is 1.44. The first-order valence-electron chi connectivity index (χ1n) is 5.04. The van der Waals surface area contributed by atoms with Gasteiger partial charge in [-0.2, -0.15) is 0 Å². The SMILES string of the molecule is CNCC(=O)Nc1ccc(F)c(NC(C)=O)c1.Cl. The van der Waals surface area contributed by atoms with E-state index in [1.165, 1.54) is 25.1 Å². The van der Waals surface area contributed by atoms with Crippen LogP contribution in [-0.2, 0) is 9.59 Å². The Balaban J connectivity index is 0.00000289. The number of carbonyl (C=O) groups is 2. The fraction of sp³-hybridized carbons (Fsp3) is 0.273. The van der Waals surface area contributed by atoms with Crippen LogP contribution in [0.4, 0.5) is 15.8 Å². The van der Waals surface area contributed by atoms with Gasteiger partial charge < -0.3 is 16.0 Å². The van der Waals surface area contributed by atoms with Crippen molar-refractivity contribution in [2.75, 3.05) is 24.2 Å². The Labute approximate surface area is 111 Å². The Morgan fingerprint density at radius 3 is 2.50 bits per heavy atom. The Morgan fingerprint density at radius 1 is 1.28 bits per heavy atom. The Hall–Kier alpha value is -1.66. The standard InChI is InChI=1S/C11H14FN3O2.ClH/c1-7(16)14-10-5-8(3-4-9(10)12)15-11(17)6-13-2;/h3-5,13H,6H2,1-2H3,(H,14,16)(H,15,17);1H. The Bertz CT molecular complexity index is 440. The molecule has 1 aromatic rings. The molecule has 2 amide bonds. The van der Waals surface area contributed by atoms with E-state index in [0.29, 0.717) is 5.69 Å². The minimum Gasteiger partial charge on any atom is -0.325 e. The monoisotopic (exact) mass is 275 g/mol. The van der Waals surface area contributed by atoms with Gasteiger partial charge in [-0.15, -0.1) is 12.4 Å². The molecule has 0 aliphatic rings. The number of nitrogens with one attached hydrogen (secondary N) is 3. The molecule has 0 saturated heterocycles. The summed E-state index contributed by atoms with van der Waals surface area (Å²) in [4.78, 5) is 22.1. The third-order valence-electron chi connectivity index (χ3n) is 1.90. The van der Waals surface area contributed by atoms with Crippen molar-refractivity contribution in [2.45, 2.75) is 6.92 Å². The third-order valence-corrected chi connectivity index (χ3v) is 1.90. The minimum atomic E-state index is -0.549. The van der Waals surface area contributed by atoms with Crippen LogP contribution in [0.3, 0.4) is 0 Å². The molecule has 0 atom stereocenters.